The quantitative estimate of drug-likeness (QED) is 0.0958. The van der Waals surface area contributed by atoms with Crippen LogP contribution in [0.15, 0.2) is 23.6 Å². The number of phosphoric acid groups is 1. The lowest BCUT2D eigenvalue weighted by atomic mass is 10.1. The molecule has 3 aliphatic rings. The fraction of sp³-hybridized carbons (Fsp3) is 0.500. The van der Waals surface area contributed by atoms with Crippen molar-refractivity contribution in [2.45, 2.75) is 61.1 Å². The largest absolute Gasteiger partial charge is 0.473 e. The van der Waals surface area contributed by atoms with Gasteiger partial charge in [0.15, 0.2) is 35.1 Å². The fourth-order valence-electron chi connectivity index (χ4n) is 5.75. The van der Waals surface area contributed by atoms with E-state index in [0.29, 0.717) is 0 Å². The Kier molecular flexibility index (Phi) is 6.57. The average Bonchev–Trinajstić information content (AvgIpc) is 3.24. The van der Waals surface area contributed by atoms with E-state index >= 15 is 0 Å². The third-order valence-electron chi connectivity index (χ3n) is 7.95. The summed E-state index contributed by atoms with van der Waals surface area (Å²) in [7, 11) is -5.13. The predicted octanol–water partition coefficient (Wildman–Crippen LogP) is -2.62. The number of nitrogens with zero attached hydrogens (tertiary/aromatic N) is 6. The summed E-state index contributed by atoms with van der Waals surface area (Å²) in [6.45, 7) is -0.715. The first-order chi connectivity index (χ1) is 20.8. The zero-order chi connectivity index (χ0) is 31.3. The van der Waals surface area contributed by atoms with Gasteiger partial charge < -0.3 is 50.8 Å². The summed E-state index contributed by atoms with van der Waals surface area (Å²) in [4.78, 5) is 40.9. The van der Waals surface area contributed by atoms with Crippen LogP contribution in [0.1, 0.15) is 18.9 Å². The molecule has 10 N–H and O–H groups in total. The minimum absolute atomic E-state index is 0.0254. The number of nitrogens with one attached hydrogen (secondary N) is 1. The molecule has 6 heterocycles. The number of aromatic nitrogens is 7. The van der Waals surface area contributed by atoms with Crippen LogP contribution in [0.25, 0.3) is 22.2 Å². The van der Waals surface area contributed by atoms with Crippen molar-refractivity contribution in [2.75, 3.05) is 18.1 Å². The third-order valence-corrected chi connectivity index (χ3v) is 8.98. The Labute approximate surface area is 243 Å². The third kappa shape index (κ3) is 4.32. The summed E-state index contributed by atoms with van der Waals surface area (Å²) in [6, 6.07) is 0. The van der Waals surface area contributed by atoms with Crippen LogP contribution in [0.5, 0.6) is 0 Å². The maximum Gasteiger partial charge on any atom is 0.473 e. The van der Waals surface area contributed by atoms with Gasteiger partial charge >= 0.3 is 7.82 Å². The molecule has 20 nitrogen and oxygen atoms in total. The van der Waals surface area contributed by atoms with Crippen LogP contribution in [-0.4, -0.2) is 108 Å². The minimum atomic E-state index is -5.13. The first kappa shape index (κ1) is 29.1. The number of fused-ring (bicyclic) bond motifs is 2. The number of anilines is 2. The number of aliphatic hydroxyl groups is 4. The Hall–Kier alpha value is -3.63. The van der Waals surface area contributed by atoms with Crippen molar-refractivity contribution in [3.63, 3.8) is 0 Å². The van der Waals surface area contributed by atoms with E-state index in [0.717, 1.165) is 28.0 Å². The van der Waals surface area contributed by atoms with Gasteiger partial charge in [-0.25, -0.2) is 23.9 Å². The normalized spacial score (nSPS) is 34.8. The summed E-state index contributed by atoms with van der Waals surface area (Å²) in [5, 5.41) is 42.0. The number of ether oxygens (including phenoxy) is 2. The zero-order valence-corrected chi connectivity index (χ0v) is 23.0. The highest BCUT2D eigenvalue weighted by molar-refractivity contribution is 7.47. The maximum absolute atomic E-state index is 14.6. The summed E-state index contributed by atoms with van der Waals surface area (Å²) in [6.07, 6.45) is -9.12. The monoisotopic (exact) mass is 641 g/mol. The smallest absolute Gasteiger partial charge is 0.394 e. The Morgan fingerprint density at radius 3 is 2.66 bits per heavy atom. The zero-order valence-electron chi connectivity index (χ0n) is 22.1. The number of hydrogen-bond donors (Lipinski definition) is 8. The molecule has 1 saturated carbocycles. The van der Waals surface area contributed by atoms with Gasteiger partial charge in [0.05, 0.1) is 18.3 Å². The Morgan fingerprint density at radius 2 is 1.91 bits per heavy atom. The van der Waals surface area contributed by atoms with E-state index in [9.17, 15) is 39.1 Å². The van der Waals surface area contributed by atoms with Crippen molar-refractivity contribution in [2.24, 2.45) is 0 Å². The van der Waals surface area contributed by atoms with Gasteiger partial charge in [-0.3, -0.25) is 23.4 Å². The van der Waals surface area contributed by atoms with E-state index in [4.69, 9.17) is 30.0 Å². The first-order valence-electron chi connectivity index (χ1n) is 13.0. The second-order valence-electron chi connectivity index (χ2n) is 10.6. The molecule has 0 aromatic carbocycles. The molecule has 3 fully saturated rings. The SMILES string of the molecule is Nc1nc2c(ncn2[C@@H]2O[C@H](CO)[C@@H](O)[C@H]2OP(=O)(O)OC2CC23O[C@@H](n2cc(F)c4c(N)ncnc42)[C@H](O)[C@@H]3O)c(=O)[nH]1. The molecule has 4 aromatic rings. The number of nitrogens with two attached hydrogens (primary N) is 2. The Balaban J connectivity index is 1.12. The highest BCUT2D eigenvalue weighted by Gasteiger charge is 2.71. The molecule has 3 unspecified atom stereocenters. The van der Waals surface area contributed by atoms with Gasteiger partial charge in [0, 0.05) is 12.6 Å². The van der Waals surface area contributed by atoms with Gasteiger partial charge in [-0.05, 0) is 0 Å². The number of imidazole rings is 1. The molecule has 22 heteroatoms. The molecule has 44 heavy (non-hydrogen) atoms. The minimum Gasteiger partial charge on any atom is -0.394 e. The number of nitrogen functional groups attached to an aromatic ring is 2. The van der Waals surface area contributed by atoms with Crippen LogP contribution in [-0.2, 0) is 23.1 Å². The highest BCUT2D eigenvalue weighted by atomic mass is 31.2. The lowest BCUT2D eigenvalue weighted by molar-refractivity contribution is -0.0685. The van der Waals surface area contributed by atoms with Gasteiger partial charge in [-0.2, -0.15) is 4.98 Å². The van der Waals surface area contributed by atoms with Crippen LogP contribution < -0.4 is 17.0 Å². The lowest BCUT2D eigenvalue weighted by Gasteiger charge is -2.24. The number of phosphoric ester groups is 1. The molecule has 7 rings (SSSR count). The van der Waals surface area contributed by atoms with Crippen molar-refractivity contribution in [3.05, 3.63) is 35.0 Å². The molecular formula is C22H25FN9O11P. The highest BCUT2D eigenvalue weighted by Crippen LogP contribution is 2.61. The van der Waals surface area contributed by atoms with Crippen LogP contribution in [0.2, 0.25) is 0 Å². The van der Waals surface area contributed by atoms with Crippen molar-refractivity contribution < 1.29 is 52.8 Å². The summed E-state index contributed by atoms with van der Waals surface area (Å²) in [5.41, 5.74) is 8.72. The molecule has 2 aliphatic heterocycles. The molecule has 4 aromatic heterocycles. The number of hydrogen-bond acceptors (Lipinski definition) is 16. The Bertz CT molecular complexity index is 1890. The molecule has 0 bridgehead atoms. The topological polar surface area (TPSA) is 301 Å². The van der Waals surface area contributed by atoms with E-state index < -0.39 is 80.5 Å². The average molecular weight is 641 g/mol. The number of rotatable bonds is 7. The molecule has 1 spiro atoms. The van der Waals surface area contributed by atoms with Crippen molar-refractivity contribution >= 4 is 41.8 Å². The second kappa shape index (κ2) is 9.94. The lowest BCUT2D eigenvalue weighted by Crippen LogP contribution is -2.36. The summed E-state index contributed by atoms with van der Waals surface area (Å²) >= 11 is 0. The molecular weight excluding hydrogens is 616 g/mol. The maximum atomic E-state index is 14.6. The van der Waals surface area contributed by atoms with E-state index in [1.807, 2.05) is 0 Å². The van der Waals surface area contributed by atoms with E-state index in [1.165, 1.54) is 0 Å². The van der Waals surface area contributed by atoms with Gasteiger partial charge in [-0.1, -0.05) is 0 Å². The fourth-order valence-corrected chi connectivity index (χ4v) is 6.92. The van der Waals surface area contributed by atoms with Gasteiger partial charge in [0.25, 0.3) is 5.56 Å². The molecule has 0 amide bonds. The van der Waals surface area contributed by atoms with Gasteiger partial charge in [0.1, 0.15) is 54.4 Å². The second-order valence-corrected chi connectivity index (χ2v) is 11.9. The number of aliphatic hydroxyl groups excluding tert-OH is 4. The number of H-pyrrole nitrogens is 1. The van der Waals surface area contributed by atoms with E-state index in [1.54, 1.807) is 0 Å². The van der Waals surface area contributed by atoms with Gasteiger partial charge in [0.2, 0.25) is 5.95 Å². The summed E-state index contributed by atoms with van der Waals surface area (Å²) < 4.78 is 52.2. The first-order valence-corrected chi connectivity index (χ1v) is 14.5. The van der Waals surface area contributed by atoms with Crippen molar-refractivity contribution in [1.82, 2.24) is 34.1 Å². The van der Waals surface area contributed by atoms with Gasteiger partial charge in [-0.15, -0.1) is 0 Å². The standard InChI is InChI=1S/C22H25FN9O11P/c23-6-2-31(16-9(6)15(24)26-4-27-16)19-12(35)14(36)22(41-19)1-8(22)42-44(38,39)43-13-11(34)7(3-33)40-20(13)32-5-28-10-17(32)29-21(25)30-18(10)37/h2,4-5,7-8,11-14,19-20,33-36H,1,3H2,(H,38,39)(H2,24,26,27)(H3,25,29,30,37)/t7-,8?,11-,12-,13-,14+,19-,20-,22?/m1/s1. The molecule has 1 aliphatic carbocycles. The van der Waals surface area contributed by atoms with Crippen molar-refractivity contribution in [3.8, 4) is 0 Å². The van der Waals surface area contributed by atoms with Crippen LogP contribution in [0, 0.1) is 5.82 Å². The Morgan fingerprint density at radius 1 is 1.14 bits per heavy atom. The van der Waals surface area contributed by atoms with Crippen LogP contribution >= 0.6 is 7.82 Å². The van der Waals surface area contributed by atoms with E-state index in [-0.39, 0.29) is 40.4 Å². The number of aromatic amines is 1. The van der Waals surface area contributed by atoms with Crippen molar-refractivity contribution in [1.29, 1.82) is 0 Å². The molecule has 10 atom stereocenters. The molecule has 0 radical (unpaired) electrons. The van der Waals surface area contributed by atoms with Crippen LogP contribution in [0.3, 0.4) is 0 Å². The predicted molar refractivity (Wildman–Crippen MR) is 141 cm³/mol. The molecule has 236 valence electrons. The number of halogens is 1. The van der Waals surface area contributed by atoms with Crippen LogP contribution in [0.4, 0.5) is 16.2 Å². The van der Waals surface area contributed by atoms with E-state index in [2.05, 4.69) is 24.9 Å². The molecule has 2 saturated heterocycles. The summed E-state index contributed by atoms with van der Waals surface area (Å²) in [5.74, 6) is -1.23.